The SMILES string of the molecule is C=COC(=O)NC(CCC)(OCC)OCC. The third-order valence-electron chi connectivity index (χ3n) is 1.82. The van der Waals surface area contributed by atoms with Crippen LogP contribution in [0.1, 0.15) is 33.6 Å². The number of hydrogen-bond acceptors (Lipinski definition) is 4. The number of alkyl carbamates (subject to hydrolysis) is 1. The molecular formula is C11H21NO4. The van der Waals surface area contributed by atoms with Gasteiger partial charge in [0.05, 0.1) is 6.26 Å². The highest BCUT2D eigenvalue weighted by Gasteiger charge is 2.33. The summed E-state index contributed by atoms with van der Waals surface area (Å²) in [5, 5.41) is 2.56. The molecule has 0 saturated heterocycles. The number of carbonyl (C=O) groups excluding carboxylic acids is 1. The number of carbonyl (C=O) groups is 1. The second-order valence-electron chi connectivity index (χ2n) is 3.07. The monoisotopic (exact) mass is 231 g/mol. The van der Waals surface area contributed by atoms with Gasteiger partial charge in [0, 0.05) is 19.6 Å². The van der Waals surface area contributed by atoms with E-state index in [-0.39, 0.29) is 0 Å². The number of nitrogens with one attached hydrogen (secondary N) is 1. The number of amides is 1. The minimum Gasteiger partial charge on any atom is -0.419 e. The van der Waals surface area contributed by atoms with Crippen LogP contribution in [0.15, 0.2) is 12.8 Å². The van der Waals surface area contributed by atoms with Crippen molar-refractivity contribution in [3.05, 3.63) is 12.8 Å². The molecule has 0 aromatic heterocycles. The van der Waals surface area contributed by atoms with Gasteiger partial charge in [-0.3, -0.25) is 5.32 Å². The van der Waals surface area contributed by atoms with E-state index >= 15 is 0 Å². The van der Waals surface area contributed by atoms with Crippen LogP contribution in [0.25, 0.3) is 0 Å². The number of ether oxygens (including phenoxy) is 3. The Balaban J connectivity index is 4.57. The normalized spacial score (nSPS) is 10.9. The highest BCUT2D eigenvalue weighted by Crippen LogP contribution is 2.17. The van der Waals surface area contributed by atoms with Crippen molar-refractivity contribution in [1.82, 2.24) is 5.32 Å². The minimum absolute atomic E-state index is 0.439. The molecule has 0 aromatic rings. The van der Waals surface area contributed by atoms with Crippen LogP contribution in [-0.4, -0.2) is 25.2 Å². The van der Waals surface area contributed by atoms with Crippen LogP contribution in [0.2, 0.25) is 0 Å². The second-order valence-corrected chi connectivity index (χ2v) is 3.07. The van der Waals surface area contributed by atoms with Gasteiger partial charge in [-0.1, -0.05) is 13.5 Å². The predicted molar refractivity (Wildman–Crippen MR) is 60.7 cm³/mol. The summed E-state index contributed by atoms with van der Waals surface area (Å²) in [4.78, 5) is 11.3. The maximum atomic E-state index is 11.3. The topological polar surface area (TPSA) is 56.8 Å². The van der Waals surface area contributed by atoms with E-state index in [1.54, 1.807) is 0 Å². The molecule has 0 aromatic carbocycles. The lowest BCUT2D eigenvalue weighted by molar-refractivity contribution is -0.250. The average molecular weight is 231 g/mol. The van der Waals surface area contributed by atoms with Crippen molar-refractivity contribution in [1.29, 1.82) is 0 Å². The largest absolute Gasteiger partial charge is 0.419 e. The van der Waals surface area contributed by atoms with Gasteiger partial charge in [0.15, 0.2) is 0 Å². The first-order chi connectivity index (χ1) is 7.64. The summed E-state index contributed by atoms with van der Waals surface area (Å²) in [6.45, 7) is 9.84. The Bertz CT molecular complexity index is 201. The third-order valence-corrected chi connectivity index (χ3v) is 1.82. The van der Waals surface area contributed by atoms with Crippen molar-refractivity contribution in [2.45, 2.75) is 39.5 Å². The Labute approximate surface area is 96.8 Å². The van der Waals surface area contributed by atoms with E-state index in [2.05, 4.69) is 16.6 Å². The van der Waals surface area contributed by atoms with E-state index in [1.807, 2.05) is 20.8 Å². The molecule has 0 radical (unpaired) electrons. The summed E-state index contributed by atoms with van der Waals surface area (Å²) in [6, 6.07) is 0. The van der Waals surface area contributed by atoms with Gasteiger partial charge in [-0.15, -0.1) is 0 Å². The number of hydrogen-bond donors (Lipinski definition) is 1. The zero-order chi connectivity index (χ0) is 12.4. The molecule has 1 N–H and O–H groups in total. The average Bonchev–Trinajstić information content (AvgIpc) is 2.18. The molecular weight excluding hydrogens is 210 g/mol. The molecule has 0 atom stereocenters. The molecule has 0 unspecified atom stereocenters. The molecule has 1 amide bonds. The molecule has 5 heteroatoms. The van der Waals surface area contributed by atoms with Crippen LogP contribution in [0.4, 0.5) is 4.79 Å². The van der Waals surface area contributed by atoms with Crippen molar-refractivity contribution in [2.24, 2.45) is 0 Å². The van der Waals surface area contributed by atoms with E-state index < -0.39 is 12.0 Å². The van der Waals surface area contributed by atoms with Crippen LogP contribution in [0, 0.1) is 0 Å². The van der Waals surface area contributed by atoms with E-state index in [9.17, 15) is 4.79 Å². The summed E-state index contributed by atoms with van der Waals surface area (Å²) in [5.41, 5.74) is 0. The minimum atomic E-state index is -1.10. The summed E-state index contributed by atoms with van der Waals surface area (Å²) in [7, 11) is 0. The smallest absolute Gasteiger partial charge is 0.416 e. The van der Waals surface area contributed by atoms with Crippen molar-refractivity contribution >= 4 is 6.09 Å². The Hall–Kier alpha value is -1.07. The Morgan fingerprint density at radius 1 is 1.31 bits per heavy atom. The van der Waals surface area contributed by atoms with Gasteiger partial charge in [0.2, 0.25) is 0 Å². The van der Waals surface area contributed by atoms with E-state index in [1.165, 1.54) is 0 Å². The third kappa shape index (κ3) is 5.14. The van der Waals surface area contributed by atoms with E-state index in [0.29, 0.717) is 19.6 Å². The van der Waals surface area contributed by atoms with Crippen LogP contribution < -0.4 is 5.32 Å². The van der Waals surface area contributed by atoms with Gasteiger partial charge < -0.3 is 14.2 Å². The summed E-state index contributed by atoms with van der Waals surface area (Å²) >= 11 is 0. The fourth-order valence-corrected chi connectivity index (χ4v) is 1.38. The lowest BCUT2D eigenvalue weighted by Gasteiger charge is -2.32. The zero-order valence-corrected chi connectivity index (χ0v) is 10.2. The Morgan fingerprint density at radius 2 is 1.88 bits per heavy atom. The molecule has 0 aliphatic heterocycles. The van der Waals surface area contributed by atoms with E-state index in [4.69, 9.17) is 9.47 Å². The van der Waals surface area contributed by atoms with Gasteiger partial charge in [0.25, 0.3) is 5.91 Å². The van der Waals surface area contributed by atoms with Gasteiger partial charge in [-0.25, -0.2) is 4.79 Å². The maximum absolute atomic E-state index is 11.3. The fraction of sp³-hybridized carbons (Fsp3) is 0.727. The second kappa shape index (κ2) is 8.13. The van der Waals surface area contributed by atoms with Gasteiger partial charge >= 0.3 is 6.09 Å². The highest BCUT2D eigenvalue weighted by atomic mass is 16.7. The summed E-state index contributed by atoms with van der Waals surface area (Å²) in [5.74, 6) is -1.10. The predicted octanol–water partition coefficient (Wildman–Crippen LogP) is 2.38. The first-order valence-electron chi connectivity index (χ1n) is 5.51. The van der Waals surface area contributed by atoms with Crippen LogP contribution in [0.5, 0.6) is 0 Å². The van der Waals surface area contributed by atoms with Crippen molar-refractivity contribution in [2.75, 3.05) is 13.2 Å². The molecule has 0 aliphatic rings. The van der Waals surface area contributed by atoms with Gasteiger partial charge in [-0.05, 0) is 20.3 Å². The lowest BCUT2D eigenvalue weighted by Crippen LogP contribution is -2.52. The molecule has 0 fully saturated rings. The van der Waals surface area contributed by atoms with Crippen molar-refractivity contribution < 1.29 is 19.0 Å². The maximum Gasteiger partial charge on any atom is 0.416 e. The molecule has 0 bridgehead atoms. The fourth-order valence-electron chi connectivity index (χ4n) is 1.38. The van der Waals surface area contributed by atoms with Crippen LogP contribution >= 0.6 is 0 Å². The molecule has 16 heavy (non-hydrogen) atoms. The molecule has 0 heterocycles. The lowest BCUT2D eigenvalue weighted by atomic mass is 10.2. The summed E-state index contributed by atoms with van der Waals surface area (Å²) in [6.07, 6.45) is 1.80. The molecule has 94 valence electrons. The molecule has 5 nitrogen and oxygen atoms in total. The molecule has 0 rings (SSSR count). The number of rotatable bonds is 8. The summed E-state index contributed by atoms with van der Waals surface area (Å²) < 4.78 is 15.5. The standard InChI is InChI=1S/C11H21NO4/c1-5-9-11(15-7-3,16-8-4)12-10(13)14-6-2/h6H,2,5,7-9H2,1,3-4H3,(H,12,13). The van der Waals surface area contributed by atoms with Crippen molar-refractivity contribution in [3.63, 3.8) is 0 Å². The molecule has 0 aliphatic carbocycles. The first-order valence-corrected chi connectivity index (χ1v) is 5.51. The molecule has 0 spiro atoms. The quantitative estimate of drug-likeness (QED) is 0.514. The Kier molecular flexibility index (Phi) is 7.58. The van der Waals surface area contributed by atoms with E-state index in [0.717, 1.165) is 12.7 Å². The first kappa shape index (κ1) is 14.9. The highest BCUT2D eigenvalue weighted by molar-refractivity contribution is 5.68. The van der Waals surface area contributed by atoms with Crippen LogP contribution in [-0.2, 0) is 14.2 Å². The van der Waals surface area contributed by atoms with Gasteiger partial charge in [-0.2, -0.15) is 0 Å². The Morgan fingerprint density at radius 3 is 2.25 bits per heavy atom. The molecule has 0 saturated carbocycles. The van der Waals surface area contributed by atoms with Gasteiger partial charge in [0.1, 0.15) is 0 Å². The van der Waals surface area contributed by atoms with Crippen molar-refractivity contribution in [3.8, 4) is 0 Å². The van der Waals surface area contributed by atoms with Crippen LogP contribution in [0.3, 0.4) is 0 Å². The zero-order valence-electron chi connectivity index (χ0n) is 10.2.